The van der Waals surface area contributed by atoms with Crippen molar-refractivity contribution in [3.05, 3.63) is 37.9 Å². The van der Waals surface area contributed by atoms with E-state index in [9.17, 15) is 9.90 Å². The summed E-state index contributed by atoms with van der Waals surface area (Å²) in [7, 11) is 0. The minimum Gasteiger partial charge on any atom is -0.390 e. The second-order valence-corrected chi connectivity index (χ2v) is 7.69. The number of thiophene rings is 1. The largest absolute Gasteiger partial charge is 0.390 e. The first-order chi connectivity index (χ1) is 10.6. The summed E-state index contributed by atoms with van der Waals surface area (Å²) < 4.78 is 0.587. The van der Waals surface area contributed by atoms with Gasteiger partial charge in [0.2, 0.25) is 0 Å². The van der Waals surface area contributed by atoms with Crippen molar-refractivity contribution in [2.75, 3.05) is 13.1 Å². The summed E-state index contributed by atoms with van der Waals surface area (Å²) >= 11 is 8.65. The molecule has 0 radical (unpaired) electrons. The molecule has 0 saturated carbocycles. The third-order valence-electron chi connectivity index (χ3n) is 3.65. The van der Waals surface area contributed by atoms with Crippen molar-refractivity contribution < 1.29 is 9.90 Å². The molecule has 8 heteroatoms. The van der Waals surface area contributed by atoms with Gasteiger partial charge in [-0.25, -0.2) is 4.98 Å². The first-order valence-electron chi connectivity index (χ1n) is 6.95. The molecule has 0 aliphatic carbocycles. The summed E-state index contributed by atoms with van der Waals surface area (Å²) in [6.45, 7) is 2.10. The highest BCUT2D eigenvalue weighted by molar-refractivity contribution is 7.18. The van der Waals surface area contributed by atoms with E-state index in [1.807, 2.05) is 10.9 Å². The van der Waals surface area contributed by atoms with Crippen LogP contribution in [0.5, 0.6) is 0 Å². The fourth-order valence-electron chi connectivity index (χ4n) is 2.53. The van der Waals surface area contributed by atoms with E-state index in [2.05, 4.69) is 15.2 Å². The van der Waals surface area contributed by atoms with Crippen LogP contribution in [0.1, 0.15) is 21.8 Å². The molecule has 1 aliphatic heterocycles. The van der Waals surface area contributed by atoms with E-state index < -0.39 is 6.10 Å². The SMILES string of the molecule is O=C(N[C@H]1CCN(Cc2cscn2)C[C@@H]1O)c1ccc(Cl)s1. The number of hydrogen-bond acceptors (Lipinski definition) is 6. The normalized spacial score (nSPS) is 22.6. The molecule has 1 fully saturated rings. The predicted octanol–water partition coefficient (Wildman–Crippen LogP) is 2.22. The second-order valence-electron chi connectivity index (χ2n) is 5.25. The highest BCUT2D eigenvalue weighted by atomic mass is 35.5. The molecule has 118 valence electrons. The van der Waals surface area contributed by atoms with Gasteiger partial charge in [-0.2, -0.15) is 0 Å². The van der Waals surface area contributed by atoms with Crippen molar-refractivity contribution in [2.24, 2.45) is 0 Å². The number of nitrogens with one attached hydrogen (secondary N) is 1. The highest BCUT2D eigenvalue weighted by Gasteiger charge is 2.29. The maximum absolute atomic E-state index is 12.1. The van der Waals surface area contributed by atoms with Gasteiger partial charge >= 0.3 is 0 Å². The zero-order valence-corrected chi connectivity index (χ0v) is 14.1. The van der Waals surface area contributed by atoms with Crippen molar-refractivity contribution >= 4 is 40.2 Å². The van der Waals surface area contributed by atoms with Gasteiger partial charge in [-0.05, 0) is 18.6 Å². The van der Waals surface area contributed by atoms with Crippen molar-refractivity contribution in [2.45, 2.75) is 25.1 Å². The fourth-order valence-corrected chi connectivity index (χ4v) is 4.03. The lowest BCUT2D eigenvalue weighted by Gasteiger charge is -2.35. The van der Waals surface area contributed by atoms with Gasteiger partial charge in [0.25, 0.3) is 5.91 Å². The summed E-state index contributed by atoms with van der Waals surface area (Å²) in [5.74, 6) is -0.172. The minimum atomic E-state index is -0.577. The lowest BCUT2D eigenvalue weighted by Crippen LogP contribution is -2.53. The number of halogens is 1. The van der Waals surface area contributed by atoms with Crippen molar-refractivity contribution in [1.82, 2.24) is 15.2 Å². The Morgan fingerprint density at radius 1 is 1.55 bits per heavy atom. The number of amides is 1. The van der Waals surface area contributed by atoms with Crippen LogP contribution in [0.2, 0.25) is 4.34 Å². The molecule has 1 saturated heterocycles. The third-order valence-corrected chi connectivity index (χ3v) is 5.51. The molecule has 0 bridgehead atoms. The van der Waals surface area contributed by atoms with Gasteiger partial charge in [-0.3, -0.25) is 9.69 Å². The molecule has 2 aromatic rings. The molecule has 0 spiro atoms. The molecule has 0 aromatic carbocycles. The monoisotopic (exact) mass is 357 g/mol. The molecule has 5 nitrogen and oxygen atoms in total. The molecule has 22 heavy (non-hydrogen) atoms. The van der Waals surface area contributed by atoms with Gasteiger partial charge in [0.1, 0.15) is 0 Å². The van der Waals surface area contributed by atoms with Crippen LogP contribution >= 0.6 is 34.3 Å². The molecular formula is C14H16ClN3O2S2. The number of rotatable bonds is 4. The number of carbonyl (C=O) groups is 1. The van der Waals surface area contributed by atoms with Crippen LogP contribution < -0.4 is 5.32 Å². The van der Waals surface area contributed by atoms with Crippen molar-refractivity contribution in [3.63, 3.8) is 0 Å². The summed E-state index contributed by atoms with van der Waals surface area (Å²) in [4.78, 5) is 19.1. The van der Waals surface area contributed by atoms with Crippen molar-refractivity contribution in [3.8, 4) is 0 Å². The Balaban J connectivity index is 1.53. The Kier molecular flexibility index (Phi) is 5.10. The molecule has 2 N–H and O–H groups in total. The Labute approximate surface area is 141 Å². The van der Waals surface area contributed by atoms with E-state index in [0.717, 1.165) is 25.2 Å². The van der Waals surface area contributed by atoms with E-state index >= 15 is 0 Å². The number of aliphatic hydroxyl groups is 1. The summed E-state index contributed by atoms with van der Waals surface area (Å²) in [6, 6.07) is 3.18. The molecule has 2 aromatic heterocycles. The van der Waals surface area contributed by atoms with Crippen LogP contribution in [0.4, 0.5) is 0 Å². The van der Waals surface area contributed by atoms with E-state index in [0.29, 0.717) is 15.8 Å². The molecule has 0 unspecified atom stereocenters. The van der Waals surface area contributed by atoms with Gasteiger partial charge in [-0.1, -0.05) is 11.6 Å². The minimum absolute atomic E-state index is 0.172. The number of thiazole rings is 1. The number of likely N-dealkylation sites (tertiary alicyclic amines) is 1. The molecule has 3 heterocycles. The van der Waals surface area contributed by atoms with Gasteiger partial charge in [0.05, 0.1) is 32.6 Å². The second kappa shape index (κ2) is 7.06. The van der Waals surface area contributed by atoms with Gasteiger partial charge in [-0.15, -0.1) is 22.7 Å². The zero-order chi connectivity index (χ0) is 15.5. The summed E-state index contributed by atoms with van der Waals surface area (Å²) in [6.07, 6.45) is 0.141. The van der Waals surface area contributed by atoms with E-state index in [1.54, 1.807) is 23.5 Å². The molecule has 2 atom stereocenters. The first-order valence-corrected chi connectivity index (χ1v) is 9.09. The Morgan fingerprint density at radius 3 is 3.05 bits per heavy atom. The topological polar surface area (TPSA) is 65.5 Å². The van der Waals surface area contributed by atoms with Gasteiger partial charge < -0.3 is 10.4 Å². The van der Waals surface area contributed by atoms with Crippen LogP contribution in [-0.2, 0) is 6.54 Å². The summed E-state index contributed by atoms with van der Waals surface area (Å²) in [5, 5.41) is 15.2. The number of β-amino-alcohol motifs (C(OH)–C–C–N with tert-alkyl or cyclic N) is 1. The van der Waals surface area contributed by atoms with E-state index in [1.165, 1.54) is 11.3 Å². The van der Waals surface area contributed by atoms with Crippen LogP contribution in [-0.4, -0.2) is 46.1 Å². The maximum atomic E-state index is 12.1. The van der Waals surface area contributed by atoms with Gasteiger partial charge in [0.15, 0.2) is 0 Å². The van der Waals surface area contributed by atoms with E-state index in [4.69, 9.17) is 11.6 Å². The Hall–Kier alpha value is -0.990. The predicted molar refractivity (Wildman–Crippen MR) is 88.6 cm³/mol. The third kappa shape index (κ3) is 3.85. The number of aromatic nitrogens is 1. The van der Waals surface area contributed by atoms with Gasteiger partial charge in [0, 0.05) is 25.0 Å². The maximum Gasteiger partial charge on any atom is 0.261 e. The molecular weight excluding hydrogens is 342 g/mol. The average Bonchev–Trinajstić information content (AvgIpc) is 3.13. The zero-order valence-electron chi connectivity index (χ0n) is 11.7. The number of aliphatic hydroxyl groups excluding tert-OH is 1. The molecule has 1 aliphatic rings. The first kappa shape index (κ1) is 15.9. The highest BCUT2D eigenvalue weighted by Crippen LogP contribution is 2.22. The Morgan fingerprint density at radius 2 is 2.41 bits per heavy atom. The van der Waals surface area contributed by atoms with E-state index in [-0.39, 0.29) is 11.9 Å². The lowest BCUT2D eigenvalue weighted by atomic mass is 10.0. The van der Waals surface area contributed by atoms with Crippen LogP contribution in [0.3, 0.4) is 0 Å². The number of nitrogens with zero attached hydrogens (tertiary/aromatic N) is 2. The smallest absolute Gasteiger partial charge is 0.261 e. The standard InChI is InChI=1S/C14H16ClN3O2S2/c15-13-2-1-12(22-13)14(20)17-10-3-4-18(6-11(10)19)5-9-7-21-8-16-9/h1-2,7-8,10-11,19H,3-6H2,(H,17,20)/t10-,11-/m0/s1. The number of carbonyl (C=O) groups excluding carboxylic acids is 1. The lowest BCUT2D eigenvalue weighted by molar-refractivity contribution is 0.0347. The fraction of sp³-hybridized carbons (Fsp3) is 0.429. The van der Waals surface area contributed by atoms with Crippen LogP contribution in [0.25, 0.3) is 0 Å². The number of piperidine rings is 1. The van der Waals surface area contributed by atoms with Crippen LogP contribution in [0, 0.1) is 0 Å². The summed E-state index contributed by atoms with van der Waals surface area (Å²) in [5.41, 5.74) is 2.83. The number of hydrogen-bond donors (Lipinski definition) is 2. The average molecular weight is 358 g/mol. The van der Waals surface area contributed by atoms with Crippen molar-refractivity contribution in [1.29, 1.82) is 0 Å². The molecule has 3 rings (SSSR count). The molecule has 1 amide bonds. The van der Waals surface area contributed by atoms with Crippen LogP contribution in [0.15, 0.2) is 23.0 Å². The Bertz CT molecular complexity index is 632. The quantitative estimate of drug-likeness (QED) is 0.880.